The number of unbranched alkanes of at least 4 members (excludes halogenated alkanes) is 1. The van der Waals surface area contributed by atoms with E-state index in [9.17, 15) is 4.79 Å². The van der Waals surface area contributed by atoms with E-state index in [1.54, 1.807) is 7.05 Å². The maximum absolute atomic E-state index is 11.3. The first-order valence-electron chi connectivity index (χ1n) is 4.61. The molecule has 0 heterocycles. The molecular weight excluding hydrogens is 152 g/mol. The third kappa shape index (κ3) is 3.60. The molecule has 2 amide bonds. The number of nitrogens with zero attached hydrogens (tertiary/aromatic N) is 1. The number of carbonyl (C=O) groups excluding carboxylic acids is 1. The first-order chi connectivity index (χ1) is 5.63. The van der Waals surface area contributed by atoms with Crippen molar-refractivity contribution >= 4 is 6.03 Å². The summed E-state index contributed by atoms with van der Waals surface area (Å²) in [4.78, 5) is 13.1. The smallest absolute Gasteiger partial charge is 0.317 e. The van der Waals surface area contributed by atoms with Gasteiger partial charge in [0.05, 0.1) is 0 Å². The third-order valence-electron chi connectivity index (χ3n) is 1.85. The van der Waals surface area contributed by atoms with Gasteiger partial charge >= 0.3 is 6.03 Å². The van der Waals surface area contributed by atoms with Crippen LogP contribution in [-0.2, 0) is 0 Å². The maximum atomic E-state index is 11.3. The van der Waals surface area contributed by atoms with Crippen LogP contribution in [0.2, 0.25) is 0 Å². The summed E-state index contributed by atoms with van der Waals surface area (Å²) in [5, 5.41) is 2.64. The van der Waals surface area contributed by atoms with Crippen molar-refractivity contribution in [2.24, 2.45) is 0 Å². The Balaban J connectivity index is 3.95. The lowest BCUT2D eigenvalue weighted by Crippen LogP contribution is -2.43. The van der Waals surface area contributed by atoms with E-state index in [1.165, 1.54) is 0 Å². The van der Waals surface area contributed by atoms with Crippen molar-refractivity contribution in [3.63, 3.8) is 0 Å². The van der Waals surface area contributed by atoms with E-state index in [0.717, 1.165) is 19.4 Å². The SMILES string of the molecule is CCCCN(C(=O)NC)C(C)C. The summed E-state index contributed by atoms with van der Waals surface area (Å²) in [5.41, 5.74) is 0. The second-order valence-electron chi connectivity index (χ2n) is 3.20. The molecule has 0 aliphatic carbocycles. The Morgan fingerprint density at radius 1 is 1.50 bits per heavy atom. The molecule has 72 valence electrons. The van der Waals surface area contributed by atoms with E-state index in [2.05, 4.69) is 12.2 Å². The molecule has 1 N–H and O–H groups in total. The quantitative estimate of drug-likeness (QED) is 0.689. The predicted molar refractivity (Wildman–Crippen MR) is 51.2 cm³/mol. The Hall–Kier alpha value is -0.730. The van der Waals surface area contributed by atoms with Crippen LogP contribution < -0.4 is 5.32 Å². The molecule has 0 aliphatic heterocycles. The number of nitrogens with one attached hydrogen (secondary N) is 1. The molecule has 0 spiro atoms. The van der Waals surface area contributed by atoms with Crippen molar-refractivity contribution in [3.05, 3.63) is 0 Å². The maximum Gasteiger partial charge on any atom is 0.317 e. The highest BCUT2D eigenvalue weighted by Crippen LogP contribution is 2.01. The fourth-order valence-electron chi connectivity index (χ4n) is 1.07. The van der Waals surface area contributed by atoms with Gasteiger partial charge in [0.25, 0.3) is 0 Å². The Bertz CT molecular complexity index is 134. The van der Waals surface area contributed by atoms with Gasteiger partial charge in [-0.3, -0.25) is 0 Å². The van der Waals surface area contributed by atoms with Crippen molar-refractivity contribution in [1.29, 1.82) is 0 Å². The van der Waals surface area contributed by atoms with Crippen LogP contribution in [0.3, 0.4) is 0 Å². The van der Waals surface area contributed by atoms with Crippen LogP contribution in [-0.4, -0.2) is 30.6 Å². The van der Waals surface area contributed by atoms with E-state index < -0.39 is 0 Å². The zero-order valence-corrected chi connectivity index (χ0v) is 8.55. The van der Waals surface area contributed by atoms with E-state index >= 15 is 0 Å². The van der Waals surface area contributed by atoms with Crippen molar-refractivity contribution in [3.8, 4) is 0 Å². The zero-order chi connectivity index (χ0) is 9.56. The Morgan fingerprint density at radius 3 is 2.42 bits per heavy atom. The van der Waals surface area contributed by atoms with Gasteiger partial charge in [-0.05, 0) is 20.3 Å². The fraction of sp³-hybridized carbons (Fsp3) is 0.889. The van der Waals surface area contributed by atoms with Crippen molar-refractivity contribution in [2.45, 2.75) is 39.7 Å². The summed E-state index contributed by atoms with van der Waals surface area (Å²) in [5.74, 6) is 0. The molecule has 12 heavy (non-hydrogen) atoms. The second kappa shape index (κ2) is 5.86. The molecule has 0 unspecified atom stereocenters. The summed E-state index contributed by atoms with van der Waals surface area (Å²) < 4.78 is 0. The number of hydrogen-bond donors (Lipinski definition) is 1. The Labute approximate surface area is 75.1 Å². The van der Waals surface area contributed by atoms with E-state index in [0.29, 0.717) is 0 Å². The molecule has 0 radical (unpaired) electrons. The molecule has 0 aliphatic rings. The summed E-state index contributed by atoms with van der Waals surface area (Å²) in [7, 11) is 1.67. The van der Waals surface area contributed by atoms with Gasteiger partial charge in [-0.2, -0.15) is 0 Å². The minimum Gasteiger partial charge on any atom is -0.341 e. The molecule has 0 aromatic carbocycles. The van der Waals surface area contributed by atoms with Gasteiger partial charge in [-0.1, -0.05) is 13.3 Å². The number of rotatable bonds is 4. The minimum atomic E-state index is 0.0263. The van der Waals surface area contributed by atoms with Gasteiger partial charge in [0.1, 0.15) is 0 Å². The van der Waals surface area contributed by atoms with Crippen molar-refractivity contribution < 1.29 is 4.79 Å². The van der Waals surface area contributed by atoms with Crippen LogP contribution >= 0.6 is 0 Å². The average molecular weight is 172 g/mol. The van der Waals surface area contributed by atoms with Crippen LogP contribution in [0.5, 0.6) is 0 Å². The van der Waals surface area contributed by atoms with Gasteiger partial charge < -0.3 is 10.2 Å². The standard InChI is InChI=1S/C9H20N2O/c1-5-6-7-11(8(2)3)9(12)10-4/h8H,5-7H2,1-4H3,(H,10,12). The van der Waals surface area contributed by atoms with Crippen LogP contribution in [0.1, 0.15) is 33.6 Å². The molecule has 0 aromatic rings. The first-order valence-corrected chi connectivity index (χ1v) is 4.61. The molecule has 0 bridgehead atoms. The molecule has 0 fully saturated rings. The fourth-order valence-corrected chi connectivity index (χ4v) is 1.07. The number of hydrogen-bond acceptors (Lipinski definition) is 1. The number of urea groups is 1. The zero-order valence-electron chi connectivity index (χ0n) is 8.55. The van der Waals surface area contributed by atoms with Crippen LogP contribution in [0.15, 0.2) is 0 Å². The summed E-state index contributed by atoms with van der Waals surface area (Å²) in [6.45, 7) is 7.05. The molecule has 0 rings (SSSR count). The predicted octanol–water partition coefficient (Wildman–Crippen LogP) is 1.84. The number of amides is 2. The first kappa shape index (κ1) is 11.3. The highest BCUT2D eigenvalue weighted by molar-refractivity contribution is 5.74. The molecule has 0 saturated heterocycles. The highest BCUT2D eigenvalue weighted by atomic mass is 16.2. The van der Waals surface area contributed by atoms with Gasteiger partial charge in [-0.15, -0.1) is 0 Å². The Kier molecular flexibility index (Phi) is 5.51. The molecule has 3 heteroatoms. The molecule has 3 nitrogen and oxygen atoms in total. The van der Waals surface area contributed by atoms with E-state index in [-0.39, 0.29) is 12.1 Å². The lowest BCUT2D eigenvalue weighted by molar-refractivity contribution is 0.184. The monoisotopic (exact) mass is 172 g/mol. The normalized spacial score (nSPS) is 10.1. The van der Waals surface area contributed by atoms with E-state index in [1.807, 2.05) is 18.7 Å². The summed E-state index contributed by atoms with van der Waals surface area (Å²) >= 11 is 0. The second-order valence-corrected chi connectivity index (χ2v) is 3.20. The van der Waals surface area contributed by atoms with Gasteiger partial charge in [-0.25, -0.2) is 4.79 Å². The molecule has 0 saturated carbocycles. The topological polar surface area (TPSA) is 32.3 Å². The van der Waals surface area contributed by atoms with Crippen molar-refractivity contribution in [2.75, 3.05) is 13.6 Å². The van der Waals surface area contributed by atoms with Crippen LogP contribution in [0, 0.1) is 0 Å². The third-order valence-corrected chi connectivity index (χ3v) is 1.85. The van der Waals surface area contributed by atoms with Gasteiger partial charge in [0.2, 0.25) is 0 Å². The van der Waals surface area contributed by atoms with Crippen molar-refractivity contribution in [1.82, 2.24) is 10.2 Å². The van der Waals surface area contributed by atoms with Crippen LogP contribution in [0.4, 0.5) is 4.79 Å². The lowest BCUT2D eigenvalue weighted by Gasteiger charge is -2.25. The highest BCUT2D eigenvalue weighted by Gasteiger charge is 2.13. The van der Waals surface area contributed by atoms with Gasteiger partial charge in [0.15, 0.2) is 0 Å². The lowest BCUT2D eigenvalue weighted by atomic mass is 10.2. The molecule has 0 aromatic heterocycles. The van der Waals surface area contributed by atoms with Crippen LogP contribution in [0.25, 0.3) is 0 Å². The largest absolute Gasteiger partial charge is 0.341 e. The molecular formula is C9H20N2O. The number of carbonyl (C=O) groups is 1. The van der Waals surface area contributed by atoms with E-state index in [4.69, 9.17) is 0 Å². The summed E-state index contributed by atoms with van der Waals surface area (Å²) in [6, 6.07) is 0.315. The average Bonchev–Trinajstić information content (AvgIpc) is 2.04. The summed E-state index contributed by atoms with van der Waals surface area (Å²) in [6.07, 6.45) is 2.20. The molecule has 0 atom stereocenters. The Morgan fingerprint density at radius 2 is 2.08 bits per heavy atom. The van der Waals surface area contributed by atoms with Gasteiger partial charge in [0, 0.05) is 19.6 Å². The minimum absolute atomic E-state index is 0.0263.